The third kappa shape index (κ3) is 3.79. The first-order valence-corrected chi connectivity index (χ1v) is 7.78. The van der Waals surface area contributed by atoms with E-state index >= 15 is 0 Å². The number of likely N-dealkylation sites (tertiary alicyclic amines) is 1. The van der Waals surface area contributed by atoms with E-state index in [4.69, 9.17) is 0 Å². The van der Waals surface area contributed by atoms with Gasteiger partial charge in [0.05, 0.1) is 6.10 Å². The lowest BCUT2D eigenvalue weighted by Gasteiger charge is -2.35. The molecule has 0 aromatic carbocycles. The lowest BCUT2D eigenvalue weighted by molar-refractivity contribution is 0.138. The number of hydrogen-bond donors (Lipinski definition) is 2. The number of aliphatic hydroxyl groups is 1. The second kappa shape index (κ2) is 6.66. The molecule has 0 bridgehead atoms. The summed E-state index contributed by atoms with van der Waals surface area (Å²) in [5.41, 5.74) is 1.03. The number of nitrogens with zero attached hydrogens (tertiary/aromatic N) is 1. The molecule has 0 spiro atoms. The van der Waals surface area contributed by atoms with Crippen molar-refractivity contribution in [1.29, 1.82) is 0 Å². The van der Waals surface area contributed by atoms with Crippen LogP contribution >= 0.6 is 11.3 Å². The van der Waals surface area contributed by atoms with Crippen LogP contribution in [0.15, 0.2) is 16.8 Å². The van der Waals surface area contributed by atoms with E-state index in [2.05, 4.69) is 24.1 Å². The lowest BCUT2D eigenvalue weighted by Crippen LogP contribution is -2.45. The van der Waals surface area contributed by atoms with Crippen molar-refractivity contribution in [2.75, 3.05) is 19.6 Å². The Hall–Kier alpha value is -0.420. The summed E-state index contributed by atoms with van der Waals surface area (Å²) in [6, 6.07) is 3.22. The maximum absolute atomic E-state index is 10.0. The van der Waals surface area contributed by atoms with E-state index < -0.39 is 0 Å². The Balaban J connectivity index is 1.69. The van der Waals surface area contributed by atoms with Crippen LogP contribution < -0.4 is 5.32 Å². The van der Waals surface area contributed by atoms with Crippen molar-refractivity contribution in [1.82, 2.24) is 10.2 Å². The topological polar surface area (TPSA) is 35.5 Å². The molecule has 0 saturated carbocycles. The standard InChI is InChI=1S/C14H24N2OS/c1-11(2)16-6-3-13(4-7-16)15-9-14(17)12-5-8-18-10-12/h5,8,10-11,13-15,17H,3-4,6-7,9H2,1-2H3. The Bertz CT molecular complexity index is 332. The Morgan fingerprint density at radius 1 is 1.44 bits per heavy atom. The molecule has 1 fully saturated rings. The highest BCUT2D eigenvalue weighted by molar-refractivity contribution is 7.07. The molecule has 1 aliphatic rings. The molecule has 0 aliphatic carbocycles. The molecule has 1 atom stereocenters. The van der Waals surface area contributed by atoms with Crippen LogP contribution in [-0.2, 0) is 0 Å². The summed E-state index contributed by atoms with van der Waals surface area (Å²) in [6.07, 6.45) is 2.02. The van der Waals surface area contributed by atoms with Gasteiger partial charge in [-0.25, -0.2) is 0 Å². The van der Waals surface area contributed by atoms with Crippen LogP contribution in [0.2, 0.25) is 0 Å². The summed E-state index contributed by atoms with van der Waals surface area (Å²) in [7, 11) is 0. The number of aliphatic hydroxyl groups excluding tert-OH is 1. The van der Waals surface area contributed by atoms with Crippen molar-refractivity contribution in [2.45, 2.75) is 44.9 Å². The van der Waals surface area contributed by atoms with Crippen molar-refractivity contribution in [3.63, 3.8) is 0 Å². The van der Waals surface area contributed by atoms with Gasteiger partial charge in [-0.3, -0.25) is 0 Å². The lowest BCUT2D eigenvalue weighted by atomic mass is 10.0. The SMILES string of the molecule is CC(C)N1CCC(NCC(O)c2ccsc2)CC1. The Morgan fingerprint density at radius 2 is 2.17 bits per heavy atom. The molecule has 0 amide bonds. The monoisotopic (exact) mass is 268 g/mol. The molecule has 1 unspecified atom stereocenters. The minimum atomic E-state index is -0.362. The van der Waals surface area contributed by atoms with Crippen LogP contribution in [0.1, 0.15) is 38.4 Å². The fourth-order valence-electron chi connectivity index (χ4n) is 2.48. The van der Waals surface area contributed by atoms with Gasteiger partial charge in [-0.2, -0.15) is 11.3 Å². The van der Waals surface area contributed by atoms with Crippen molar-refractivity contribution >= 4 is 11.3 Å². The highest BCUT2D eigenvalue weighted by Gasteiger charge is 2.21. The van der Waals surface area contributed by atoms with E-state index in [1.807, 2.05) is 16.8 Å². The second-order valence-electron chi connectivity index (χ2n) is 5.38. The molecule has 1 aromatic rings. The molecular weight excluding hydrogens is 244 g/mol. The molecule has 2 heterocycles. The van der Waals surface area contributed by atoms with E-state index in [-0.39, 0.29) is 6.10 Å². The van der Waals surface area contributed by atoms with E-state index in [1.165, 1.54) is 25.9 Å². The maximum atomic E-state index is 10.0. The molecular formula is C14H24N2OS. The van der Waals surface area contributed by atoms with Crippen molar-refractivity contribution < 1.29 is 5.11 Å². The quantitative estimate of drug-likeness (QED) is 0.860. The maximum Gasteiger partial charge on any atom is 0.0922 e. The summed E-state index contributed by atoms with van der Waals surface area (Å²) >= 11 is 1.64. The zero-order chi connectivity index (χ0) is 13.0. The fraction of sp³-hybridized carbons (Fsp3) is 0.714. The number of rotatable bonds is 5. The van der Waals surface area contributed by atoms with E-state index in [0.717, 1.165) is 5.56 Å². The average molecular weight is 268 g/mol. The number of hydrogen-bond acceptors (Lipinski definition) is 4. The van der Waals surface area contributed by atoms with Crippen LogP contribution in [0.25, 0.3) is 0 Å². The molecule has 4 heteroatoms. The second-order valence-corrected chi connectivity index (χ2v) is 6.16. The van der Waals surface area contributed by atoms with Gasteiger partial charge in [-0.1, -0.05) is 0 Å². The summed E-state index contributed by atoms with van der Waals surface area (Å²) < 4.78 is 0. The van der Waals surface area contributed by atoms with Crippen LogP contribution in [0.5, 0.6) is 0 Å². The van der Waals surface area contributed by atoms with Gasteiger partial charge in [0.25, 0.3) is 0 Å². The smallest absolute Gasteiger partial charge is 0.0922 e. The molecule has 0 radical (unpaired) electrons. The van der Waals surface area contributed by atoms with Crippen molar-refractivity contribution in [3.8, 4) is 0 Å². The van der Waals surface area contributed by atoms with E-state index in [0.29, 0.717) is 18.6 Å². The summed E-state index contributed by atoms with van der Waals surface area (Å²) in [4.78, 5) is 2.52. The van der Waals surface area contributed by atoms with Crippen molar-refractivity contribution in [3.05, 3.63) is 22.4 Å². The van der Waals surface area contributed by atoms with Crippen LogP contribution in [0.3, 0.4) is 0 Å². The first-order valence-electron chi connectivity index (χ1n) is 6.84. The van der Waals surface area contributed by atoms with Crippen LogP contribution in [0, 0.1) is 0 Å². The van der Waals surface area contributed by atoms with E-state index in [1.54, 1.807) is 11.3 Å². The largest absolute Gasteiger partial charge is 0.387 e. The fourth-order valence-corrected chi connectivity index (χ4v) is 3.19. The molecule has 3 nitrogen and oxygen atoms in total. The number of piperidine rings is 1. The summed E-state index contributed by atoms with van der Waals surface area (Å²) in [5, 5.41) is 17.5. The highest BCUT2D eigenvalue weighted by atomic mass is 32.1. The Morgan fingerprint density at radius 3 is 2.72 bits per heavy atom. The predicted octanol–water partition coefficient (Wildman–Crippen LogP) is 2.24. The first kappa shape index (κ1) is 14.0. The molecule has 102 valence electrons. The van der Waals surface area contributed by atoms with Gasteiger partial charge in [0, 0.05) is 18.6 Å². The van der Waals surface area contributed by atoms with Gasteiger partial charge < -0.3 is 15.3 Å². The van der Waals surface area contributed by atoms with Gasteiger partial charge in [0.1, 0.15) is 0 Å². The number of nitrogens with one attached hydrogen (secondary N) is 1. The van der Waals surface area contributed by atoms with Crippen LogP contribution in [0.4, 0.5) is 0 Å². The Kier molecular flexibility index (Phi) is 5.18. The first-order chi connectivity index (χ1) is 8.66. The molecule has 18 heavy (non-hydrogen) atoms. The minimum Gasteiger partial charge on any atom is -0.387 e. The summed E-state index contributed by atoms with van der Waals surface area (Å²) in [5.74, 6) is 0. The minimum absolute atomic E-state index is 0.362. The molecule has 2 N–H and O–H groups in total. The number of thiophene rings is 1. The zero-order valence-electron chi connectivity index (χ0n) is 11.3. The zero-order valence-corrected chi connectivity index (χ0v) is 12.1. The predicted molar refractivity (Wildman–Crippen MR) is 77.0 cm³/mol. The molecule has 1 aliphatic heterocycles. The van der Waals surface area contributed by atoms with Crippen molar-refractivity contribution in [2.24, 2.45) is 0 Å². The molecule has 1 saturated heterocycles. The normalized spacial score (nSPS) is 20.4. The van der Waals surface area contributed by atoms with Gasteiger partial charge in [-0.15, -0.1) is 0 Å². The Labute approximate surface area is 114 Å². The third-order valence-electron chi connectivity index (χ3n) is 3.79. The third-order valence-corrected chi connectivity index (χ3v) is 4.49. The highest BCUT2D eigenvalue weighted by Crippen LogP contribution is 2.17. The van der Waals surface area contributed by atoms with Gasteiger partial charge in [-0.05, 0) is 62.2 Å². The summed E-state index contributed by atoms with van der Waals surface area (Å²) in [6.45, 7) is 7.53. The van der Waals surface area contributed by atoms with Gasteiger partial charge in [0.2, 0.25) is 0 Å². The van der Waals surface area contributed by atoms with Gasteiger partial charge in [0.15, 0.2) is 0 Å². The molecule has 2 rings (SSSR count). The van der Waals surface area contributed by atoms with E-state index in [9.17, 15) is 5.11 Å². The van der Waals surface area contributed by atoms with Crippen LogP contribution in [-0.4, -0.2) is 41.7 Å². The van der Waals surface area contributed by atoms with Gasteiger partial charge >= 0.3 is 0 Å². The molecule has 1 aromatic heterocycles. The average Bonchev–Trinajstić information content (AvgIpc) is 2.90.